The van der Waals surface area contributed by atoms with E-state index in [9.17, 15) is 0 Å². The highest BCUT2D eigenvalue weighted by molar-refractivity contribution is 9.10. The monoisotopic (exact) mass is 283 g/mol. The van der Waals surface area contributed by atoms with Crippen molar-refractivity contribution in [2.75, 3.05) is 6.61 Å². The Morgan fingerprint density at radius 2 is 2.19 bits per heavy atom. The number of hydrogen-bond acceptors (Lipinski definition) is 5. The smallest absolute Gasteiger partial charge is 0.246 e. The maximum atomic E-state index is 8.86. The summed E-state index contributed by atoms with van der Waals surface area (Å²) in [6.45, 7) is -0.225. The van der Waals surface area contributed by atoms with Gasteiger partial charge in [0.05, 0.1) is 6.61 Å². The number of nitrogens with zero attached hydrogens (tertiary/aromatic N) is 2. The summed E-state index contributed by atoms with van der Waals surface area (Å²) in [5.41, 5.74) is 6.39. The average Bonchev–Trinajstić information content (AvgIpc) is 2.78. The van der Waals surface area contributed by atoms with Crippen molar-refractivity contribution in [1.82, 2.24) is 10.1 Å². The maximum Gasteiger partial charge on any atom is 0.246 e. The van der Waals surface area contributed by atoms with Crippen LogP contribution in [0.4, 0.5) is 0 Å². The number of hydrogen-bond donors (Lipinski definition) is 2. The van der Waals surface area contributed by atoms with Crippen LogP contribution in [0.2, 0.25) is 0 Å². The van der Waals surface area contributed by atoms with Crippen LogP contribution >= 0.6 is 15.9 Å². The molecule has 3 N–H and O–H groups in total. The van der Waals surface area contributed by atoms with E-state index in [0.29, 0.717) is 5.82 Å². The molecule has 1 atom stereocenters. The summed E-state index contributed by atoms with van der Waals surface area (Å²) in [5, 5.41) is 12.7. The van der Waals surface area contributed by atoms with Crippen molar-refractivity contribution in [3.63, 3.8) is 0 Å². The molecule has 0 aliphatic rings. The molecular weight excluding hydrogens is 274 g/mol. The molecule has 16 heavy (non-hydrogen) atoms. The first-order chi connectivity index (χ1) is 7.72. The zero-order valence-corrected chi connectivity index (χ0v) is 9.89. The number of aliphatic hydroxyl groups excluding tert-OH is 1. The lowest BCUT2D eigenvalue weighted by molar-refractivity contribution is 0.237. The van der Waals surface area contributed by atoms with E-state index in [0.717, 1.165) is 10.0 Å². The van der Waals surface area contributed by atoms with Crippen molar-refractivity contribution in [2.45, 2.75) is 6.04 Å². The van der Waals surface area contributed by atoms with Gasteiger partial charge < -0.3 is 15.4 Å². The topological polar surface area (TPSA) is 85.2 Å². The van der Waals surface area contributed by atoms with Gasteiger partial charge in [0.15, 0.2) is 0 Å². The first-order valence-corrected chi connectivity index (χ1v) is 5.46. The van der Waals surface area contributed by atoms with Crippen molar-refractivity contribution in [2.24, 2.45) is 5.73 Å². The van der Waals surface area contributed by atoms with Crippen LogP contribution in [0.25, 0.3) is 11.4 Å². The molecule has 0 saturated heterocycles. The summed E-state index contributed by atoms with van der Waals surface area (Å²) in [6, 6.07) is 6.89. The number of benzene rings is 1. The standard InChI is InChI=1S/C10H10BrN3O2/c11-7-4-2-1-3-6(7)9-13-10(16-14-9)8(12)5-15/h1-4,8,15H,5,12H2. The second-order valence-electron chi connectivity index (χ2n) is 3.23. The summed E-state index contributed by atoms with van der Waals surface area (Å²) < 4.78 is 5.83. The maximum absolute atomic E-state index is 8.86. The Bertz CT molecular complexity index is 486. The summed E-state index contributed by atoms with van der Waals surface area (Å²) in [6.07, 6.45) is 0. The highest BCUT2D eigenvalue weighted by atomic mass is 79.9. The van der Waals surface area contributed by atoms with E-state index in [4.69, 9.17) is 15.4 Å². The number of nitrogens with two attached hydrogens (primary N) is 1. The van der Waals surface area contributed by atoms with Gasteiger partial charge in [-0.1, -0.05) is 33.2 Å². The van der Waals surface area contributed by atoms with Gasteiger partial charge in [-0.3, -0.25) is 0 Å². The zero-order chi connectivity index (χ0) is 11.5. The molecule has 0 saturated carbocycles. The first kappa shape index (κ1) is 11.3. The van der Waals surface area contributed by atoms with Crippen LogP contribution in [0.15, 0.2) is 33.3 Å². The predicted octanol–water partition coefficient (Wildman–Crippen LogP) is 1.49. The third-order valence-corrected chi connectivity index (χ3v) is 2.76. The van der Waals surface area contributed by atoms with E-state index in [1.807, 2.05) is 24.3 Å². The van der Waals surface area contributed by atoms with Crippen LogP contribution in [0.1, 0.15) is 11.9 Å². The Labute approximate surface area is 100 Å². The van der Waals surface area contributed by atoms with E-state index < -0.39 is 6.04 Å². The molecule has 0 fully saturated rings. The van der Waals surface area contributed by atoms with Gasteiger partial charge >= 0.3 is 0 Å². The van der Waals surface area contributed by atoms with Crippen LogP contribution in [-0.2, 0) is 0 Å². The lowest BCUT2D eigenvalue weighted by atomic mass is 10.2. The van der Waals surface area contributed by atoms with Gasteiger partial charge in [-0.25, -0.2) is 0 Å². The van der Waals surface area contributed by atoms with E-state index >= 15 is 0 Å². The molecule has 84 valence electrons. The van der Waals surface area contributed by atoms with Crippen molar-refractivity contribution in [3.05, 3.63) is 34.6 Å². The van der Waals surface area contributed by atoms with Gasteiger partial charge in [-0.2, -0.15) is 4.98 Å². The van der Waals surface area contributed by atoms with Crippen LogP contribution in [0.3, 0.4) is 0 Å². The van der Waals surface area contributed by atoms with Gasteiger partial charge in [-0.05, 0) is 12.1 Å². The number of halogens is 1. The predicted molar refractivity (Wildman–Crippen MR) is 61.4 cm³/mol. The lowest BCUT2D eigenvalue weighted by Crippen LogP contribution is -2.14. The summed E-state index contributed by atoms with van der Waals surface area (Å²) in [5.74, 6) is 0.680. The minimum Gasteiger partial charge on any atom is -0.394 e. The molecule has 2 rings (SSSR count). The van der Waals surface area contributed by atoms with Crippen molar-refractivity contribution in [3.8, 4) is 11.4 Å². The van der Waals surface area contributed by atoms with Gasteiger partial charge in [0, 0.05) is 10.0 Å². The number of aliphatic hydroxyl groups is 1. The Kier molecular flexibility index (Phi) is 3.33. The minimum absolute atomic E-state index is 0.225. The average molecular weight is 284 g/mol. The Morgan fingerprint density at radius 3 is 2.88 bits per heavy atom. The third kappa shape index (κ3) is 2.13. The fourth-order valence-electron chi connectivity index (χ4n) is 1.22. The van der Waals surface area contributed by atoms with E-state index in [1.54, 1.807) is 0 Å². The molecular formula is C10H10BrN3O2. The summed E-state index contributed by atoms with van der Waals surface area (Å²) >= 11 is 3.39. The molecule has 1 aromatic carbocycles. The van der Waals surface area contributed by atoms with Crippen molar-refractivity contribution < 1.29 is 9.63 Å². The normalized spacial score (nSPS) is 12.7. The van der Waals surface area contributed by atoms with E-state index in [1.165, 1.54) is 0 Å². The molecule has 2 aromatic rings. The first-order valence-electron chi connectivity index (χ1n) is 4.67. The molecule has 0 aliphatic carbocycles. The molecule has 0 bridgehead atoms. The minimum atomic E-state index is -0.635. The molecule has 0 spiro atoms. The second kappa shape index (κ2) is 4.73. The van der Waals surface area contributed by atoms with Gasteiger partial charge in [-0.15, -0.1) is 0 Å². The van der Waals surface area contributed by atoms with Gasteiger partial charge in [0.1, 0.15) is 6.04 Å². The molecule has 0 amide bonds. The highest BCUT2D eigenvalue weighted by Crippen LogP contribution is 2.25. The summed E-state index contributed by atoms with van der Waals surface area (Å²) in [4.78, 5) is 4.12. The SMILES string of the molecule is NC(CO)c1nc(-c2ccccc2Br)no1. The highest BCUT2D eigenvalue weighted by Gasteiger charge is 2.15. The third-order valence-electron chi connectivity index (χ3n) is 2.07. The van der Waals surface area contributed by atoms with Crippen LogP contribution in [0.5, 0.6) is 0 Å². The molecule has 1 unspecified atom stereocenters. The Hall–Kier alpha value is -1.24. The van der Waals surface area contributed by atoms with E-state index in [2.05, 4.69) is 26.1 Å². The summed E-state index contributed by atoms with van der Waals surface area (Å²) in [7, 11) is 0. The van der Waals surface area contributed by atoms with Gasteiger partial charge in [0.2, 0.25) is 11.7 Å². The van der Waals surface area contributed by atoms with Crippen molar-refractivity contribution >= 4 is 15.9 Å². The van der Waals surface area contributed by atoms with Crippen LogP contribution in [0, 0.1) is 0 Å². The quantitative estimate of drug-likeness (QED) is 0.892. The number of aromatic nitrogens is 2. The zero-order valence-electron chi connectivity index (χ0n) is 8.30. The van der Waals surface area contributed by atoms with Crippen LogP contribution in [-0.4, -0.2) is 21.9 Å². The Balaban J connectivity index is 2.35. The Morgan fingerprint density at radius 1 is 1.44 bits per heavy atom. The molecule has 1 heterocycles. The van der Waals surface area contributed by atoms with Crippen LogP contribution < -0.4 is 5.73 Å². The molecule has 5 nitrogen and oxygen atoms in total. The van der Waals surface area contributed by atoms with E-state index in [-0.39, 0.29) is 12.5 Å². The van der Waals surface area contributed by atoms with Gasteiger partial charge in [0.25, 0.3) is 0 Å². The molecule has 0 radical (unpaired) electrons. The number of rotatable bonds is 3. The molecule has 6 heteroatoms. The fraction of sp³-hybridized carbons (Fsp3) is 0.200. The fourth-order valence-corrected chi connectivity index (χ4v) is 1.68. The molecule has 0 aliphatic heterocycles. The second-order valence-corrected chi connectivity index (χ2v) is 4.08. The largest absolute Gasteiger partial charge is 0.394 e. The van der Waals surface area contributed by atoms with Crippen molar-refractivity contribution in [1.29, 1.82) is 0 Å². The molecule has 1 aromatic heterocycles. The lowest BCUT2D eigenvalue weighted by Gasteiger charge is -1.99.